The van der Waals surface area contributed by atoms with Crippen LogP contribution < -0.4 is 4.74 Å². The second kappa shape index (κ2) is 5.62. The minimum atomic E-state index is -0.103. The molecule has 0 aliphatic heterocycles. The van der Waals surface area contributed by atoms with Crippen LogP contribution in [0.4, 0.5) is 0 Å². The van der Waals surface area contributed by atoms with Crippen LogP contribution >= 0.6 is 0 Å². The van der Waals surface area contributed by atoms with E-state index in [1.807, 2.05) is 24.3 Å². The number of aromatic nitrogens is 1. The molecule has 0 aliphatic carbocycles. The molecular formula is C16H16N2O2. The maximum atomic E-state index is 9.50. The average molecular weight is 268 g/mol. The number of nitriles is 1. The molecule has 4 nitrogen and oxygen atoms in total. The third kappa shape index (κ3) is 2.57. The van der Waals surface area contributed by atoms with Crippen molar-refractivity contribution >= 4 is 0 Å². The molecule has 0 bridgehead atoms. The largest absolute Gasteiger partial charge is 0.505 e. The van der Waals surface area contributed by atoms with Crippen molar-refractivity contribution in [3.8, 4) is 28.8 Å². The predicted octanol–water partition coefficient (Wildman–Crippen LogP) is 3.46. The van der Waals surface area contributed by atoms with Crippen molar-refractivity contribution < 1.29 is 9.84 Å². The number of pyridine rings is 1. The third-order valence-electron chi connectivity index (χ3n) is 3.15. The minimum absolute atomic E-state index is 0.103. The van der Waals surface area contributed by atoms with Gasteiger partial charge in [0.25, 0.3) is 0 Å². The van der Waals surface area contributed by atoms with Crippen LogP contribution in [0.15, 0.2) is 30.5 Å². The molecule has 102 valence electrons. The summed E-state index contributed by atoms with van der Waals surface area (Å²) in [5, 5.41) is 18.5. The summed E-state index contributed by atoms with van der Waals surface area (Å²) in [5.41, 5.74) is 2.85. The first-order valence-corrected chi connectivity index (χ1v) is 6.34. The van der Waals surface area contributed by atoms with Gasteiger partial charge in [0.05, 0.1) is 24.6 Å². The van der Waals surface area contributed by atoms with Gasteiger partial charge in [-0.3, -0.25) is 4.98 Å². The predicted molar refractivity (Wildman–Crippen MR) is 76.7 cm³/mol. The lowest BCUT2D eigenvalue weighted by atomic mass is 9.98. The fourth-order valence-corrected chi connectivity index (χ4v) is 2.04. The molecule has 0 saturated carbocycles. The maximum absolute atomic E-state index is 9.50. The smallest absolute Gasteiger partial charge is 0.151 e. The molecule has 0 atom stereocenters. The summed E-state index contributed by atoms with van der Waals surface area (Å²) in [6.45, 7) is 4.18. The molecule has 0 saturated heterocycles. The average Bonchev–Trinajstić information content (AvgIpc) is 2.47. The van der Waals surface area contributed by atoms with Gasteiger partial charge in [0.2, 0.25) is 0 Å². The fourth-order valence-electron chi connectivity index (χ4n) is 2.04. The zero-order valence-electron chi connectivity index (χ0n) is 11.7. The molecular weight excluding hydrogens is 252 g/mol. The van der Waals surface area contributed by atoms with Crippen molar-refractivity contribution in [3.63, 3.8) is 0 Å². The first kappa shape index (κ1) is 13.9. The minimum Gasteiger partial charge on any atom is -0.505 e. The Labute approximate surface area is 118 Å². The van der Waals surface area contributed by atoms with Crippen LogP contribution in [0.2, 0.25) is 0 Å². The van der Waals surface area contributed by atoms with E-state index in [9.17, 15) is 5.11 Å². The highest BCUT2D eigenvalue weighted by Gasteiger charge is 2.11. The molecule has 4 heteroatoms. The van der Waals surface area contributed by atoms with E-state index in [0.717, 1.165) is 16.9 Å². The Balaban J connectivity index is 2.54. The number of rotatable bonds is 3. The Morgan fingerprint density at radius 3 is 2.65 bits per heavy atom. The summed E-state index contributed by atoms with van der Waals surface area (Å²) in [6.07, 6.45) is 1.30. The van der Waals surface area contributed by atoms with Crippen molar-refractivity contribution in [1.82, 2.24) is 4.98 Å². The summed E-state index contributed by atoms with van der Waals surface area (Å²) < 4.78 is 5.35. The summed E-state index contributed by atoms with van der Waals surface area (Å²) in [7, 11) is 1.65. The molecule has 0 amide bonds. The SMILES string of the molecule is COc1ccc(-c2cc(C#N)c(O)cn2)cc1C(C)C. The number of nitrogens with zero attached hydrogens (tertiary/aromatic N) is 2. The van der Waals surface area contributed by atoms with Gasteiger partial charge in [-0.15, -0.1) is 0 Å². The van der Waals surface area contributed by atoms with Crippen molar-refractivity contribution in [1.29, 1.82) is 5.26 Å². The Morgan fingerprint density at radius 1 is 1.30 bits per heavy atom. The first-order chi connectivity index (χ1) is 9.56. The van der Waals surface area contributed by atoms with Crippen LogP contribution in [0.1, 0.15) is 30.9 Å². The van der Waals surface area contributed by atoms with E-state index in [2.05, 4.69) is 18.8 Å². The van der Waals surface area contributed by atoms with E-state index in [4.69, 9.17) is 10.00 Å². The first-order valence-electron chi connectivity index (χ1n) is 6.34. The van der Waals surface area contributed by atoms with Crippen molar-refractivity contribution in [2.45, 2.75) is 19.8 Å². The normalized spacial score (nSPS) is 10.3. The molecule has 0 unspecified atom stereocenters. The molecule has 20 heavy (non-hydrogen) atoms. The van der Waals surface area contributed by atoms with Gasteiger partial charge in [-0.25, -0.2) is 0 Å². The van der Waals surface area contributed by atoms with Crippen LogP contribution in [0, 0.1) is 11.3 Å². The number of hydrogen-bond acceptors (Lipinski definition) is 4. The Hall–Kier alpha value is -2.54. The zero-order chi connectivity index (χ0) is 14.7. The summed E-state index contributed by atoms with van der Waals surface area (Å²) in [4.78, 5) is 4.17. The van der Waals surface area contributed by atoms with Gasteiger partial charge in [0, 0.05) is 5.56 Å². The molecule has 0 radical (unpaired) electrons. The van der Waals surface area contributed by atoms with E-state index in [-0.39, 0.29) is 11.3 Å². The van der Waals surface area contributed by atoms with E-state index in [0.29, 0.717) is 11.6 Å². The van der Waals surface area contributed by atoms with E-state index in [1.54, 1.807) is 13.2 Å². The number of methoxy groups -OCH3 is 1. The van der Waals surface area contributed by atoms with E-state index < -0.39 is 0 Å². The van der Waals surface area contributed by atoms with E-state index in [1.165, 1.54) is 6.20 Å². The van der Waals surface area contributed by atoms with Crippen molar-refractivity contribution in [3.05, 3.63) is 41.6 Å². The second-order valence-electron chi connectivity index (χ2n) is 4.81. The van der Waals surface area contributed by atoms with E-state index >= 15 is 0 Å². The van der Waals surface area contributed by atoms with Gasteiger partial charge in [-0.05, 0) is 35.7 Å². The van der Waals surface area contributed by atoms with Gasteiger partial charge in [-0.2, -0.15) is 5.26 Å². The molecule has 0 aliphatic rings. The zero-order valence-corrected chi connectivity index (χ0v) is 11.7. The third-order valence-corrected chi connectivity index (χ3v) is 3.15. The Bertz CT molecular complexity index is 673. The maximum Gasteiger partial charge on any atom is 0.151 e. The van der Waals surface area contributed by atoms with Gasteiger partial charge in [0.15, 0.2) is 5.75 Å². The molecule has 1 heterocycles. The number of benzene rings is 1. The quantitative estimate of drug-likeness (QED) is 0.925. The lowest BCUT2D eigenvalue weighted by molar-refractivity contribution is 0.407. The monoisotopic (exact) mass is 268 g/mol. The van der Waals surface area contributed by atoms with Crippen molar-refractivity contribution in [2.24, 2.45) is 0 Å². The van der Waals surface area contributed by atoms with Gasteiger partial charge in [0.1, 0.15) is 11.8 Å². The Kier molecular flexibility index (Phi) is 3.90. The van der Waals surface area contributed by atoms with Crippen LogP contribution in [0.5, 0.6) is 11.5 Å². The highest BCUT2D eigenvalue weighted by atomic mass is 16.5. The molecule has 0 fully saturated rings. The molecule has 1 aromatic heterocycles. The van der Waals surface area contributed by atoms with Crippen LogP contribution in [-0.2, 0) is 0 Å². The lowest BCUT2D eigenvalue weighted by Crippen LogP contribution is -1.95. The highest BCUT2D eigenvalue weighted by molar-refractivity contribution is 5.65. The summed E-state index contributed by atoms with van der Waals surface area (Å²) in [6, 6.07) is 9.33. The summed E-state index contributed by atoms with van der Waals surface area (Å²) in [5.74, 6) is 1.05. The van der Waals surface area contributed by atoms with Crippen LogP contribution in [-0.4, -0.2) is 17.2 Å². The van der Waals surface area contributed by atoms with Gasteiger partial charge in [-0.1, -0.05) is 13.8 Å². The molecule has 2 aromatic rings. The second-order valence-corrected chi connectivity index (χ2v) is 4.81. The van der Waals surface area contributed by atoms with Crippen LogP contribution in [0.25, 0.3) is 11.3 Å². The standard InChI is InChI=1S/C16H16N2O2/c1-10(2)13-6-11(4-5-16(13)20-3)14-7-12(8-17)15(19)9-18-14/h4-7,9-10,19H,1-3H3. The molecule has 1 N–H and O–H groups in total. The summed E-state index contributed by atoms with van der Waals surface area (Å²) >= 11 is 0. The highest BCUT2D eigenvalue weighted by Crippen LogP contribution is 2.31. The number of hydrogen-bond donors (Lipinski definition) is 1. The lowest BCUT2D eigenvalue weighted by Gasteiger charge is -2.13. The van der Waals surface area contributed by atoms with Gasteiger partial charge < -0.3 is 9.84 Å². The molecule has 1 aromatic carbocycles. The Morgan fingerprint density at radius 2 is 2.05 bits per heavy atom. The number of aromatic hydroxyl groups is 1. The number of ether oxygens (including phenoxy) is 1. The topological polar surface area (TPSA) is 66.1 Å². The fraction of sp³-hybridized carbons (Fsp3) is 0.250. The van der Waals surface area contributed by atoms with Gasteiger partial charge >= 0.3 is 0 Å². The molecule has 2 rings (SSSR count). The molecule has 0 spiro atoms. The van der Waals surface area contributed by atoms with Crippen LogP contribution in [0.3, 0.4) is 0 Å². The van der Waals surface area contributed by atoms with Crippen molar-refractivity contribution in [2.75, 3.05) is 7.11 Å².